The molecule has 322 valence electrons. The third-order valence-electron chi connectivity index (χ3n) is 14.2. The fourth-order valence-electron chi connectivity index (χ4n) is 10.9. The van der Waals surface area contributed by atoms with E-state index in [1.54, 1.807) is 0 Å². The highest BCUT2D eigenvalue weighted by Gasteiger charge is 2.20. The third-order valence-corrected chi connectivity index (χ3v) is 15.4. The van der Waals surface area contributed by atoms with Gasteiger partial charge in [-0.3, -0.25) is 0 Å². The van der Waals surface area contributed by atoms with E-state index in [1.165, 1.54) is 102 Å². The first kappa shape index (κ1) is 39.4. The first-order chi connectivity index (χ1) is 34.2. The van der Waals surface area contributed by atoms with Crippen molar-refractivity contribution in [3.8, 4) is 39.1 Å². The van der Waals surface area contributed by atoms with Crippen LogP contribution in [0.3, 0.4) is 0 Å². The fraction of sp³-hybridized carbons (Fsp3) is 0. The van der Waals surface area contributed by atoms with Gasteiger partial charge in [0, 0.05) is 53.4 Å². The minimum Gasteiger partial charge on any atom is -0.310 e. The lowest BCUT2D eigenvalue weighted by Gasteiger charge is -2.28. The molecule has 0 aliphatic rings. The molecule has 0 N–H and O–H groups in total. The highest BCUT2D eigenvalue weighted by Crippen LogP contribution is 2.45. The molecule has 2 nitrogen and oxygen atoms in total. The minimum atomic E-state index is 1.08. The summed E-state index contributed by atoms with van der Waals surface area (Å²) in [7, 11) is 0. The molecule has 0 fully saturated rings. The van der Waals surface area contributed by atoms with Crippen LogP contribution in [0.2, 0.25) is 0 Å². The fourth-order valence-corrected chi connectivity index (χ4v) is 12.2. The number of rotatable bonds is 7. The van der Waals surface area contributed by atoms with Gasteiger partial charge >= 0.3 is 0 Å². The Bertz CT molecular complexity index is 4260. The van der Waals surface area contributed by atoms with Gasteiger partial charge < -0.3 is 9.47 Å². The molecule has 0 amide bonds. The molecule has 0 aliphatic heterocycles. The van der Waals surface area contributed by atoms with Gasteiger partial charge in [0.1, 0.15) is 0 Å². The van der Waals surface area contributed by atoms with Gasteiger partial charge in [-0.2, -0.15) is 0 Å². The Labute approximate surface area is 403 Å². The van der Waals surface area contributed by atoms with E-state index in [-0.39, 0.29) is 0 Å². The lowest BCUT2D eigenvalue weighted by molar-refractivity contribution is 1.18. The number of hydrogen-bond acceptors (Lipinski definition) is 2. The maximum absolute atomic E-state index is 2.43. The summed E-state index contributed by atoms with van der Waals surface area (Å²) in [5, 5.41) is 12.8. The summed E-state index contributed by atoms with van der Waals surface area (Å²) in [5.74, 6) is 0. The number of nitrogens with zero attached hydrogens (tertiary/aromatic N) is 2. The summed E-state index contributed by atoms with van der Waals surface area (Å²) in [4.78, 5) is 2.43. The summed E-state index contributed by atoms with van der Waals surface area (Å²) >= 11 is 1.89. The number of fused-ring (bicyclic) bond motifs is 11. The highest BCUT2D eigenvalue weighted by molar-refractivity contribution is 7.26. The number of aromatic nitrogens is 1. The number of benzene rings is 12. The van der Waals surface area contributed by atoms with Crippen LogP contribution in [0.1, 0.15) is 0 Å². The molecule has 0 radical (unpaired) electrons. The molecular formula is C66H42N2S. The largest absolute Gasteiger partial charge is 0.310 e. The molecule has 2 aromatic heterocycles. The van der Waals surface area contributed by atoms with E-state index in [0.29, 0.717) is 0 Å². The zero-order chi connectivity index (χ0) is 45.4. The van der Waals surface area contributed by atoms with Crippen molar-refractivity contribution >= 4 is 103 Å². The molecule has 0 bridgehead atoms. The predicted octanol–water partition coefficient (Wildman–Crippen LogP) is 19.1. The molecular weight excluding hydrogens is 853 g/mol. The van der Waals surface area contributed by atoms with Crippen LogP contribution < -0.4 is 4.90 Å². The second-order valence-corrected chi connectivity index (χ2v) is 19.1. The highest BCUT2D eigenvalue weighted by atomic mass is 32.1. The van der Waals surface area contributed by atoms with Crippen molar-refractivity contribution in [2.75, 3.05) is 4.90 Å². The second-order valence-electron chi connectivity index (χ2n) is 18.0. The average molecular weight is 895 g/mol. The van der Waals surface area contributed by atoms with Crippen LogP contribution in [0.15, 0.2) is 255 Å². The summed E-state index contributed by atoms with van der Waals surface area (Å²) < 4.78 is 5.08. The zero-order valence-corrected chi connectivity index (χ0v) is 38.4. The smallest absolute Gasteiger partial charge is 0.0541 e. The van der Waals surface area contributed by atoms with Crippen molar-refractivity contribution in [2.24, 2.45) is 0 Å². The summed E-state index contributed by atoms with van der Waals surface area (Å²) in [6.45, 7) is 0. The van der Waals surface area contributed by atoms with Crippen molar-refractivity contribution in [1.82, 2.24) is 4.57 Å². The Kier molecular flexibility index (Phi) is 9.11. The second kappa shape index (κ2) is 16.0. The molecule has 14 rings (SSSR count). The lowest BCUT2D eigenvalue weighted by atomic mass is 9.95. The minimum absolute atomic E-state index is 1.08. The molecule has 12 aromatic carbocycles. The van der Waals surface area contributed by atoms with E-state index in [4.69, 9.17) is 0 Å². The SMILES string of the molecule is c1ccc(N(c2ccc(-c3ccc4c(c3)sc3c5ccccc5ccc43)cc2)c2ccc(-c3ccccc3-n3c4ccccc4c4ccccc43)cc2)c(-c2ccc3ccc4ccccc4c3c2)c1. The molecule has 0 unspecified atom stereocenters. The molecule has 0 saturated heterocycles. The van der Waals surface area contributed by atoms with Gasteiger partial charge in [0.2, 0.25) is 0 Å². The van der Waals surface area contributed by atoms with Crippen molar-refractivity contribution in [1.29, 1.82) is 0 Å². The topological polar surface area (TPSA) is 8.17 Å². The van der Waals surface area contributed by atoms with E-state index >= 15 is 0 Å². The van der Waals surface area contributed by atoms with Crippen molar-refractivity contribution in [3.63, 3.8) is 0 Å². The Balaban J connectivity index is 0.899. The molecule has 0 saturated carbocycles. The normalized spacial score (nSPS) is 11.8. The Hall–Kier alpha value is -8.76. The van der Waals surface area contributed by atoms with E-state index in [2.05, 4.69) is 264 Å². The summed E-state index contributed by atoms with van der Waals surface area (Å²) in [6, 6.07) is 93.7. The lowest BCUT2D eigenvalue weighted by Crippen LogP contribution is -2.11. The van der Waals surface area contributed by atoms with Crippen LogP contribution in [0, 0.1) is 0 Å². The quantitative estimate of drug-likeness (QED) is 0.145. The van der Waals surface area contributed by atoms with Gasteiger partial charge in [0.25, 0.3) is 0 Å². The number of para-hydroxylation sites is 4. The van der Waals surface area contributed by atoms with E-state index in [0.717, 1.165) is 28.3 Å². The number of hydrogen-bond donors (Lipinski definition) is 0. The third kappa shape index (κ3) is 6.47. The van der Waals surface area contributed by atoms with Crippen LogP contribution in [0.5, 0.6) is 0 Å². The van der Waals surface area contributed by atoms with Crippen molar-refractivity contribution in [3.05, 3.63) is 255 Å². The van der Waals surface area contributed by atoms with Crippen molar-refractivity contribution in [2.45, 2.75) is 0 Å². The van der Waals surface area contributed by atoms with Gasteiger partial charge in [0.05, 0.1) is 22.4 Å². The first-order valence-electron chi connectivity index (χ1n) is 23.7. The monoisotopic (exact) mass is 894 g/mol. The maximum atomic E-state index is 2.43. The molecule has 3 heteroatoms. The molecule has 0 spiro atoms. The molecule has 0 atom stereocenters. The molecule has 2 heterocycles. The standard InChI is InChI=1S/C66H42N2S/c1-3-15-52-44(13-1)25-26-47-27-28-49(41-60(47)52)54-17-6-9-21-61(54)67(50-35-29-43(30-36-50)48-34-39-58-59-40-33-45-14-2-4-18-55(45)66(59)69-65(58)42-48)51-37-31-46(32-38-51)53-16-5-10-22-62(53)68-63-23-11-7-19-56(63)57-20-8-12-24-64(57)68/h1-42H. The van der Waals surface area contributed by atoms with E-state index < -0.39 is 0 Å². The summed E-state index contributed by atoms with van der Waals surface area (Å²) in [6.07, 6.45) is 0. The van der Waals surface area contributed by atoms with Crippen molar-refractivity contribution < 1.29 is 0 Å². The van der Waals surface area contributed by atoms with Gasteiger partial charge in [0.15, 0.2) is 0 Å². The Morgan fingerprint density at radius 1 is 0.304 bits per heavy atom. The summed E-state index contributed by atoms with van der Waals surface area (Å²) in [5.41, 5.74) is 13.9. The molecule has 14 aromatic rings. The Morgan fingerprint density at radius 2 is 0.812 bits per heavy atom. The van der Waals surface area contributed by atoms with Gasteiger partial charge in [-0.15, -0.1) is 11.3 Å². The predicted molar refractivity (Wildman–Crippen MR) is 297 cm³/mol. The maximum Gasteiger partial charge on any atom is 0.0541 e. The first-order valence-corrected chi connectivity index (χ1v) is 24.5. The van der Waals surface area contributed by atoms with E-state index in [9.17, 15) is 0 Å². The van der Waals surface area contributed by atoms with Crippen LogP contribution in [0.25, 0.3) is 113 Å². The van der Waals surface area contributed by atoms with E-state index in [1.807, 2.05) is 11.3 Å². The van der Waals surface area contributed by atoms with Gasteiger partial charge in [-0.1, -0.05) is 194 Å². The van der Waals surface area contributed by atoms with Crippen LogP contribution in [-0.4, -0.2) is 4.57 Å². The average Bonchev–Trinajstić information content (AvgIpc) is 3.97. The van der Waals surface area contributed by atoms with Gasteiger partial charge in [-0.05, 0) is 115 Å². The molecule has 69 heavy (non-hydrogen) atoms. The number of thiophene rings is 1. The van der Waals surface area contributed by atoms with Crippen LogP contribution >= 0.6 is 11.3 Å². The zero-order valence-electron chi connectivity index (χ0n) is 37.6. The molecule has 0 aliphatic carbocycles. The number of anilines is 3. The van der Waals surface area contributed by atoms with Crippen LogP contribution in [0.4, 0.5) is 17.1 Å². The van der Waals surface area contributed by atoms with Crippen LogP contribution in [-0.2, 0) is 0 Å². The van der Waals surface area contributed by atoms with Gasteiger partial charge in [-0.25, -0.2) is 0 Å². The Morgan fingerprint density at radius 3 is 1.55 bits per heavy atom.